The molecule has 0 radical (unpaired) electrons. The number of sulfone groups is 1. The number of alkyl halides is 2. The van der Waals surface area contributed by atoms with Crippen LogP contribution in [0.1, 0.15) is 37.9 Å². The molecular weight excluding hydrogens is 596 g/mol. The molecule has 3 aromatic heterocycles. The first-order valence-corrected chi connectivity index (χ1v) is 15.7. The highest BCUT2D eigenvalue weighted by molar-refractivity contribution is 7.90. The number of rotatable bonds is 7. The van der Waals surface area contributed by atoms with E-state index in [1.54, 1.807) is 45.5 Å². The Labute approximate surface area is 254 Å². The van der Waals surface area contributed by atoms with Crippen LogP contribution in [0.3, 0.4) is 0 Å². The summed E-state index contributed by atoms with van der Waals surface area (Å²) in [5, 5.41) is 9.09. The number of hydrogen-bond donors (Lipinski definition) is 0. The molecule has 4 heterocycles. The van der Waals surface area contributed by atoms with Gasteiger partial charge in [0, 0.05) is 24.9 Å². The molecule has 0 atom stereocenters. The number of aromatic nitrogens is 5. The maximum atomic E-state index is 14.0. The van der Waals surface area contributed by atoms with Gasteiger partial charge in [-0.2, -0.15) is 14.7 Å². The molecule has 1 aromatic carbocycles. The quantitative estimate of drug-likeness (QED) is 0.289. The standard InChI is InChI=1S/C29H35F2N7O5S/c1-17-11-20(35(6)33-17)14-37(27(39)43-28(3,4)5)24-13-23(36-15-29(30,31)16-36)32-26-25(18(2)34-38(24)26)19-9-10-21(42-7)22(12-19)44(8,40)41/h9-13H,14-16H2,1-8H3. The van der Waals surface area contributed by atoms with Gasteiger partial charge in [0.05, 0.1) is 43.8 Å². The Bertz CT molecular complexity index is 1870. The average Bonchev–Trinajstić information content (AvgIpc) is 3.39. The van der Waals surface area contributed by atoms with E-state index in [1.807, 2.05) is 13.0 Å². The smallest absolute Gasteiger partial charge is 0.416 e. The molecule has 0 saturated carbocycles. The summed E-state index contributed by atoms with van der Waals surface area (Å²) in [4.78, 5) is 21.2. The fourth-order valence-corrected chi connectivity index (χ4v) is 5.97. The predicted molar refractivity (Wildman–Crippen MR) is 160 cm³/mol. The molecule has 1 amide bonds. The van der Waals surface area contributed by atoms with Crippen LogP contribution >= 0.6 is 0 Å². The topological polar surface area (TPSA) is 124 Å². The van der Waals surface area contributed by atoms with Crippen LogP contribution in [0.15, 0.2) is 35.2 Å². The molecule has 44 heavy (non-hydrogen) atoms. The Morgan fingerprint density at radius 2 is 1.80 bits per heavy atom. The van der Waals surface area contributed by atoms with Gasteiger partial charge >= 0.3 is 6.09 Å². The van der Waals surface area contributed by atoms with Crippen molar-refractivity contribution in [2.75, 3.05) is 36.3 Å². The van der Waals surface area contributed by atoms with Gasteiger partial charge in [0.25, 0.3) is 5.92 Å². The van der Waals surface area contributed by atoms with Gasteiger partial charge in [0.15, 0.2) is 15.5 Å². The first kappa shape index (κ1) is 31.2. The third-order valence-electron chi connectivity index (χ3n) is 7.06. The molecule has 0 unspecified atom stereocenters. The Morgan fingerprint density at radius 1 is 1.11 bits per heavy atom. The van der Waals surface area contributed by atoms with E-state index in [4.69, 9.17) is 19.6 Å². The van der Waals surface area contributed by atoms with E-state index in [0.717, 1.165) is 11.9 Å². The molecule has 0 spiro atoms. The highest BCUT2D eigenvalue weighted by Crippen LogP contribution is 2.38. The van der Waals surface area contributed by atoms with Crippen molar-refractivity contribution >= 4 is 33.2 Å². The lowest BCUT2D eigenvalue weighted by Gasteiger charge is -2.40. The van der Waals surface area contributed by atoms with Gasteiger partial charge < -0.3 is 14.4 Å². The lowest BCUT2D eigenvalue weighted by atomic mass is 10.1. The lowest BCUT2D eigenvalue weighted by Crippen LogP contribution is -2.56. The van der Waals surface area contributed by atoms with Crippen molar-refractivity contribution in [1.29, 1.82) is 0 Å². The maximum Gasteiger partial charge on any atom is 0.416 e. The van der Waals surface area contributed by atoms with Gasteiger partial charge in [-0.05, 0) is 58.4 Å². The Hall–Kier alpha value is -4.27. The van der Waals surface area contributed by atoms with Crippen LogP contribution < -0.4 is 14.5 Å². The fraction of sp³-hybridized carbons (Fsp3) is 0.448. The molecule has 1 saturated heterocycles. The number of carbonyl (C=O) groups is 1. The summed E-state index contributed by atoms with van der Waals surface area (Å²) in [6, 6.07) is 8.03. The number of methoxy groups -OCH3 is 1. The van der Waals surface area contributed by atoms with Gasteiger partial charge in [-0.15, -0.1) is 0 Å². The minimum Gasteiger partial charge on any atom is -0.495 e. The van der Waals surface area contributed by atoms with Gasteiger partial charge in [-0.1, -0.05) is 6.07 Å². The second-order valence-corrected chi connectivity index (χ2v) is 14.0. The zero-order chi connectivity index (χ0) is 32.4. The van der Waals surface area contributed by atoms with Crippen molar-refractivity contribution in [3.63, 3.8) is 0 Å². The minimum absolute atomic E-state index is 0.0238. The molecule has 1 aliphatic rings. The summed E-state index contributed by atoms with van der Waals surface area (Å²) >= 11 is 0. The van der Waals surface area contributed by atoms with Gasteiger partial charge in [-0.25, -0.2) is 27.0 Å². The number of benzene rings is 1. The minimum atomic E-state index is -3.68. The van der Waals surface area contributed by atoms with E-state index in [1.165, 1.54) is 39.6 Å². The van der Waals surface area contributed by atoms with E-state index in [-0.39, 0.29) is 34.5 Å². The second-order valence-electron chi connectivity index (χ2n) is 12.0. The van der Waals surface area contributed by atoms with Crippen LogP contribution in [0.2, 0.25) is 0 Å². The van der Waals surface area contributed by atoms with E-state index < -0.39 is 40.5 Å². The normalized spacial score (nSPS) is 14.9. The third-order valence-corrected chi connectivity index (χ3v) is 8.18. The molecule has 5 rings (SSSR count). The number of halogens is 2. The van der Waals surface area contributed by atoms with Crippen molar-refractivity contribution in [3.8, 4) is 16.9 Å². The van der Waals surface area contributed by atoms with E-state index in [9.17, 15) is 22.0 Å². The van der Waals surface area contributed by atoms with E-state index in [2.05, 4.69) is 5.10 Å². The average molecular weight is 632 g/mol. The van der Waals surface area contributed by atoms with Crippen molar-refractivity contribution in [3.05, 3.63) is 47.4 Å². The molecule has 4 aromatic rings. The van der Waals surface area contributed by atoms with E-state index >= 15 is 0 Å². The molecular formula is C29H35F2N7O5S. The highest BCUT2D eigenvalue weighted by atomic mass is 32.2. The van der Waals surface area contributed by atoms with Crippen molar-refractivity contribution in [2.24, 2.45) is 7.05 Å². The summed E-state index contributed by atoms with van der Waals surface area (Å²) < 4.78 is 67.4. The number of amides is 1. The van der Waals surface area contributed by atoms with Crippen LogP contribution in [0.4, 0.5) is 25.2 Å². The van der Waals surface area contributed by atoms with Crippen molar-refractivity contribution in [1.82, 2.24) is 24.4 Å². The number of anilines is 2. The number of hydrogen-bond acceptors (Lipinski definition) is 9. The van der Waals surface area contributed by atoms with Crippen molar-refractivity contribution < 1.29 is 31.5 Å². The number of aryl methyl sites for hydroxylation is 3. The molecule has 0 N–H and O–H groups in total. The second kappa shape index (κ2) is 10.7. The maximum absolute atomic E-state index is 14.0. The highest BCUT2D eigenvalue weighted by Gasteiger charge is 2.45. The Kier molecular flexibility index (Phi) is 7.59. The first-order valence-electron chi connectivity index (χ1n) is 13.8. The first-order chi connectivity index (χ1) is 20.4. The summed E-state index contributed by atoms with van der Waals surface area (Å²) in [5.74, 6) is -2.29. The summed E-state index contributed by atoms with van der Waals surface area (Å²) in [5.41, 5.74) is 2.23. The molecule has 0 aliphatic carbocycles. The van der Waals surface area contributed by atoms with Crippen LogP contribution in [-0.4, -0.2) is 76.9 Å². The molecule has 12 nitrogen and oxygen atoms in total. The molecule has 1 fully saturated rings. The van der Waals surface area contributed by atoms with Gasteiger partial charge in [0.1, 0.15) is 27.9 Å². The predicted octanol–water partition coefficient (Wildman–Crippen LogP) is 4.56. The van der Waals surface area contributed by atoms with Gasteiger partial charge in [0.2, 0.25) is 0 Å². The monoisotopic (exact) mass is 631 g/mol. The lowest BCUT2D eigenvalue weighted by molar-refractivity contribution is -0.0267. The fourth-order valence-electron chi connectivity index (χ4n) is 5.11. The van der Waals surface area contributed by atoms with Crippen LogP contribution in [-0.2, 0) is 28.2 Å². The summed E-state index contributed by atoms with van der Waals surface area (Å²) in [6.45, 7) is 7.70. The zero-order valence-electron chi connectivity index (χ0n) is 25.8. The zero-order valence-corrected chi connectivity index (χ0v) is 26.7. The number of ether oxygens (including phenoxy) is 2. The number of nitrogens with zero attached hydrogens (tertiary/aromatic N) is 7. The van der Waals surface area contributed by atoms with Crippen LogP contribution in [0, 0.1) is 13.8 Å². The van der Waals surface area contributed by atoms with Gasteiger partial charge in [-0.3, -0.25) is 9.58 Å². The van der Waals surface area contributed by atoms with Crippen LogP contribution in [0.5, 0.6) is 5.75 Å². The number of carbonyl (C=O) groups excluding carboxylic acids is 1. The Morgan fingerprint density at radius 3 is 2.34 bits per heavy atom. The number of fused-ring (bicyclic) bond motifs is 1. The molecule has 15 heteroatoms. The third kappa shape index (κ3) is 6.05. The van der Waals surface area contributed by atoms with E-state index in [0.29, 0.717) is 22.5 Å². The Balaban J connectivity index is 1.77. The molecule has 236 valence electrons. The summed E-state index contributed by atoms with van der Waals surface area (Å²) in [6.07, 6.45) is 0.386. The summed E-state index contributed by atoms with van der Waals surface area (Å²) in [7, 11) is -0.552. The SMILES string of the molecule is COc1ccc(-c2c(C)nn3c(N(Cc4cc(C)nn4C)C(=O)OC(C)(C)C)cc(N4CC(F)(F)C4)nc23)cc1S(C)(=O)=O. The largest absolute Gasteiger partial charge is 0.495 e. The molecule has 1 aliphatic heterocycles. The molecule has 0 bridgehead atoms. The van der Waals surface area contributed by atoms with Crippen LogP contribution in [0.25, 0.3) is 16.8 Å². The van der Waals surface area contributed by atoms with Crippen molar-refractivity contribution in [2.45, 2.75) is 57.6 Å².